The molecule has 0 saturated heterocycles. The number of nitriles is 1. The van der Waals surface area contributed by atoms with Gasteiger partial charge in [-0.2, -0.15) is 5.26 Å². The molecule has 0 radical (unpaired) electrons. The summed E-state index contributed by atoms with van der Waals surface area (Å²) in [6, 6.07) is 1.69. The number of nitrogens with two attached hydrogens (primary N) is 1. The minimum Gasteiger partial charge on any atom is -0.366 e. The second-order valence-corrected chi connectivity index (χ2v) is 3.61. The Morgan fingerprint density at radius 2 is 2.27 bits per heavy atom. The van der Waals surface area contributed by atoms with Crippen molar-refractivity contribution >= 4 is 28.5 Å². The van der Waals surface area contributed by atoms with E-state index in [-0.39, 0.29) is 14.8 Å². The highest BCUT2D eigenvalue weighted by atomic mass is 127. The molecule has 15 heavy (non-hydrogen) atoms. The van der Waals surface area contributed by atoms with Crippen LogP contribution in [0.3, 0.4) is 0 Å². The van der Waals surface area contributed by atoms with Gasteiger partial charge in [-0.15, -0.1) is 0 Å². The van der Waals surface area contributed by atoms with Gasteiger partial charge in [-0.25, -0.2) is 13.8 Å². The molecule has 0 fully saturated rings. The fraction of sp³-hybridized carbons (Fsp3) is 0.125. The summed E-state index contributed by atoms with van der Waals surface area (Å²) < 4.78 is 25.0. The summed E-state index contributed by atoms with van der Waals surface area (Å²) in [7, 11) is 0. The maximum absolute atomic E-state index is 12.5. The van der Waals surface area contributed by atoms with E-state index in [0.717, 1.165) is 6.20 Å². The van der Waals surface area contributed by atoms with Crippen molar-refractivity contribution < 1.29 is 13.6 Å². The van der Waals surface area contributed by atoms with Gasteiger partial charge in [0.2, 0.25) is 5.91 Å². The predicted molar refractivity (Wildman–Crippen MR) is 55.1 cm³/mol. The highest BCUT2D eigenvalue weighted by Crippen LogP contribution is 2.26. The van der Waals surface area contributed by atoms with Gasteiger partial charge in [-0.1, -0.05) is 0 Å². The number of halogens is 3. The molecule has 1 aromatic heterocycles. The first-order chi connectivity index (χ1) is 6.99. The Balaban J connectivity index is 3.53. The zero-order valence-electron chi connectivity index (χ0n) is 7.17. The second kappa shape index (κ2) is 4.48. The van der Waals surface area contributed by atoms with Gasteiger partial charge in [-0.3, -0.25) is 4.79 Å². The molecule has 2 N–H and O–H groups in total. The zero-order chi connectivity index (χ0) is 11.6. The summed E-state index contributed by atoms with van der Waals surface area (Å²) in [6.45, 7) is 0. The normalized spacial score (nSPS) is 10.1. The van der Waals surface area contributed by atoms with Crippen molar-refractivity contribution in [3.63, 3.8) is 0 Å². The van der Waals surface area contributed by atoms with Gasteiger partial charge in [0.1, 0.15) is 6.07 Å². The van der Waals surface area contributed by atoms with Crippen molar-refractivity contribution in [2.24, 2.45) is 5.73 Å². The highest BCUT2D eigenvalue weighted by molar-refractivity contribution is 14.1. The van der Waals surface area contributed by atoms with Gasteiger partial charge < -0.3 is 5.73 Å². The number of aromatic nitrogens is 1. The summed E-state index contributed by atoms with van der Waals surface area (Å²) in [5.74, 6) is -0.992. The van der Waals surface area contributed by atoms with Crippen molar-refractivity contribution in [1.29, 1.82) is 5.26 Å². The number of pyridine rings is 1. The Morgan fingerprint density at radius 3 is 2.67 bits per heavy atom. The molecule has 1 aromatic rings. The lowest BCUT2D eigenvalue weighted by Gasteiger charge is -2.07. The van der Waals surface area contributed by atoms with Crippen LogP contribution in [-0.4, -0.2) is 10.9 Å². The molecule has 0 aromatic carbocycles. The van der Waals surface area contributed by atoms with Gasteiger partial charge in [0.25, 0.3) is 6.43 Å². The van der Waals surface area contributed by atoms with E-state index in [1.54, 1.807) is 28.7 Å². The largest absolute Gasteiger partial charge is 0.366 e. The molecule has 0 aliphatic rings. The van der Waals surface area contributed by atoms with E-state index < -0.39 is 17.9 Å². The fourth-order valence-electron chi connectivity index (χ4n) is 0.994. The van der Waals surface area contributed by atoms with E-state index in [0.29, 0.717) is 0 Å². The van der Waals surface area contributed by atoms with E-state index in [1.165, 1.54) is 0 Å². The van der Waals surface area contributed by atoms with Gasteiger partial charge in [-0.05, 0) is 22.6 Å². The minimum atomic E-state index is -2.85. The highest BCUT2D eigenvalue weighted by Gasteiger charge is 2.22. The van der Waals surface area contributed by atoms with Crippen LogP contribution in [0.1, 0.15) is 28.0 Å². The molecule has 1 heterocycles. The van der Waals surface area contributed by atoms with E-state index in [1.807, 2.05) is 0 Å². The molecule has 78 valence electrons. The number of nitrogens with zero attached hydrogens (tertiary/aromatic N) is 2. The van der Waals surface area contributed by atoms with E-state index in [4.69, 9.17) is 11.0 Å². The fourth-order valence-corrected chi connectivity index (χ4v) is 1.83. The summed E-state index contributed by atoms with van der Waals surface area (Å²) in [5.41, 5.74) is 3.99. The summed E-state index contributed by atoms with van der Waals surface area (Å²) >= 11 is 1.60. The number of primary amides is 1. The molecular weight excluding hydrogens is 319 g/mol. The van der Waals surface area contributed by atoms with E-state index in [9.17, 15) is 13.6 Å². The lowest BCUT2D eigenvalue weighted by molar-refractivity contribution is 0.0984. The molecule has 4 nitrogen and oxygen atoms in total. The maximum atomic E-state index is 12.5. The first-order valence-electron chi connectivity index (χ1n) is 3.65. The molecule has 0 aliphatic carbocycles. The van der Waals surface area contributed by atoms with Gasteiger partial charge >= 0.3 is 0 Å². The predicted octanol–water partition coefficient (Wildman–Crippen LogP) is 1.59. The Hall–Kier alpha value is -1.30. The third-order valence-corrected chi connectivity index (χ3v) is 2.69. The van der Waals surface area contributed by atoms with Crippen LogP contribution in [0.5, 0.6) is 0 Å². The molecule has 1 amide bonds. The van der Waals surface area contributed by atoms with Crippen LogP contribution in [0.2, 0.25) is 0 Å². The van der Waals surface area contributed by atoms with Crippen molar-refractivity contribution in [2.75, 3.05) is 0 Å². The number of hydrogen-bond acceptors (Lipinski definition) is 3. The Kier molecular flexibility index (Phi) is 3.52. The van der Waals surface area contributed by atoms with Crippen molar-refractivity contribution in [3.05, 3.63) is 26.6 Å². The van der Waals surface area contributed by atoms with E-state index >= 15 is 0 Å². The van der Waals surface area contributed by atoms with Crippen molar-refractivity contribution in [1.82, 2.24) is 4.98 Å². The van der Waals surface area contributed by atoms with Crippen LogP contribution >= 0.6 is 22.6 Å². The molecule has 1 rings (SSSR count). The number of rotatable bonds is 2. The lowest BCUT2D eigenvalue weighted by atomic mass is 10.1. The van der Waals surface area contributed by atoms with E-state index in [2.05, 4.69) is 4.98 Å². The summed E-state index contributed by atoms with van der Waals surface area (Å²) in [4.78, 5) is 14.5. The molecule has 0 bridgehead atoms. The molecule has 7 heteroatoms. The summed E-state index contributed by atoms with van der Waals surface area (Å²) in [5, 5.41) is 8.60. The molecule has 0 saturated carbocycles. The van der Waals surface area contributed by atoms with Crippen molar-refractivity contribution in [2.45, 2.75) is 6.43 Å². The molecule has 0 atom stereocenters. The third kappa shape index (κ3) is 2.20. The second-order valence-electron chi connectivity index (χ2n) is 2.53. The summed E-state index contributed by atoms with van der Waals surface area (Å²) in [6.07, 6.45) is -2.05. The number of amides is 1. The first-order valence-corrected chi connectivity index (χ1v) is 4.73. The van der Waals surface area contributed by atoms with Crippen LogP contribution in [-0.2, 0) is 0 Å². The van der Waals surface area contributed by atoms with Crippen molar-refractivity contribution in [3.8, 4) is 6.07 Å². The van der Waals surface area contributed by atoms with Crippen LogP contribution in [0.15, 0.2) is 6.20 Å². The third-order valence-electron chi connectivity index (χ3n) is 1.64. The van der Waals surface area contributed by atoms with Gasteiger partial charge in [0.05, 0.1) is 9.13 Å². The Bertz CT molecular complexity index is 456. The van der Waals surface area contributed by atoms with Gasteiger partial charge in [0.15, 0.2) is 5.69 Å². The quantitative estimate of drug-likeness (QED) is 0.840. The maximum Gasteiger partial charge on any atom is 0.266 e. The minimum absolute atomic E-state index is 0.0559. The SMILES string of the molecule is N#Cc1ncc(C(F)F)c(C(N)=O)c1I. The topological polar surface area (TPSA) is 79.8 Å². The average molecular weight is 323 g/mol. The monoisotopic (exact) mass is 323 g/mol. The molecular formula is C8H4F2IN3O. The standard InChI is InChI=1S/C8H4F2IN3O/c9-7(10)3-2-14-4(1-12)6(11)5(3)8(13)15/h2,7H,(H2,13,15). The number of hydrogen-bond donors (Lipinski definition) is 1. The first kappa shape index (κ1) is 11.8. The van der Waals surface area contributed by atoms with Crippen LogP contribution in [0, 0.1) is 14.9 Å². The smallest absolute Gasteiger partial charge is 0.266 e. The molecule has 0 unspecified atom stereocenters. The average Bonchev–Trinajstić information content (AvgIpc) is 2.16. The van der Waals surface area contributed by atoms with Crippen LogP contribution < -0.4 is 5.73 Å². The van der Waals surface area contributed by atoms with Gasteiger partial charge in [0, 0.05) is 11.8 Å². The number of carbonyl (C=O) groups excluding carboxylic acids is 1. The molecule has 0 spiro atoms. The Morgan fingerprint density at radius 1 is 1.67 bits per heavy atom. The molecule has 0 aliphatic heterocycles. The number of carbonyl (C=O) groups is 1. The lowest BCUT2D eigenvalue weighted by Crippen LogP contribution is -2.17. The number of alkyl halides is 2. The van der Waals surface area contributed by atoms with Crippen LogP contribution in [0.25, 0.3) is 0 Å². The van der Waals surface area contributed by atoms with Crippen LogP contribution in [0.4, 0.5) is 8.78 Å². The Labute approximate surface area is 97.2 Å². The zero-order valence-corrected chi connectivity index (χ0v) is 9.33.